The number of nitrogens with one attached hydrogen (secondary N) is 1. The zero-order valence-electron chi connectivity index (χ0n) is 12.6. The van der Waals surface area contributed by atoms with E-state index in [0.29, 0.717) is 12.0 Å². The molecule has 0 saturated heterocycles. The van der Waals surface area contributed by atoms with Crippen molar-refractivity contribution < 1.29 is 4.43 Å². The second kappa shape index (κ2) is 5.10. The van der Waals surface area contributed by atoms with Crippen molar-refractivity contribution in [3.8, 4) is 0 Å². The minimum Gasteiger partial charge on any atom is -0.410 e. The summed E-state index contributed by atoms with van der Waals surface area (Å²) in [6.45, 7) is 12.0. The normalized spacial score (nSPS) is 13.1. The highest BCUT2D eigenvalue weighted by molar-refractivity contribution is 6.71. The van der Waals surface area contributed by atoms with Gasteiger partial charge in [0.15, 0.2) is 8.32 Å². The lowest BCUT2D eigenvalue weighted by Crippen LogP contribution is -2.34. The van der Waals surface area contributed by atoms with Crippen LogP contribution in [0.3, 0.4) is 0 Å². The molecule has 1 N–H and O–H groups in total. The van der Waals surface area contributed by atoms with Crippen molar-refractivity contribution in [2.45, 2.75) is 46.5 Å². The van der Waals surface area contributed by atoms with Gasteiger partial charge in [-0.2, -0.15) is 0 Å². The zero-order chi connectivity index (χ0) is 14.1. The molecule has 1 aromatic carbocycles. The third-order valence-corrected chi connectivity index (χ3v) is 5.83. The number of fused-ring (bicyclic) bond motifs is 1. The number of benzene rings is 1. The Kier molecular flexibility index (Phi) is 3.83. The topological polar surface area (TPSA) is 37.9 Å². The Bertz CT molecular complexity index is 522. The smallest absolute Gasteiger partial charge is 0.187 e. The summed E-state index contributed by atoms with van der Waals surface area (Å²) in [6, 6.07) is 9.24. The highest BCUT2D eigenvalue weighted by Crippen LogP contribution is 2.28. The summed E-state index contributed by atoms with van der Waals surface area (Å²) in [7, 11) is -1.63. The average Bonchev–Trinajstić information content (AvgIpc) is 2.66. The van der Waals surface area contributed by atoms with E-state index in [0.717, 1.165) is 22.9 Å². The summed E-state index contributed by atoms with van der Waals surface area (Å²) in [5, 5.41) is 0. The molecule has 0 spiro atoms. The Morgan fingerprint density at radius 1 is 1.21 bits per heavy atom. The van der Waals surface area contributed by atoms with Crippen LogP contribution in [-0.4, -0.2) is 18.3 Å². The van der Waals surface area contributed by atoms with Crippen LogP contribution >= 0.6 is 0 Å². The largest absolute Gasteiger partial charge is 0.410 e. The lowest BCUT2D eigenvalue weighted by atomic mass is 10.0. The lowest BCUT2D eigenvalue weighted by molar-refractivity contribution is 0.273. The second-order valence-corrected chi connectivity index (χ2v) is 11.1. The summed E-state index contributed by atoms with van der Waals surface area (Å²) in [6.07, 6.45) is 0. The van der Waals surface area contributed by atoms with E-state index in [-0.39, 0.29) is 0 Å². The van der Waals surface area contributed by atoms with E-state index in [1.165, 1.54) is 0 Å². The van der Waals surface area contributed by atoms with E-state index in [1.54, 1.807) is 0 Å². The molecule has 0 aliphatic rings. The van der Waals surface area contributed by atoms with E-state index < -0.39 is 8.32 Å². The minimum absolute atomic E-state index is 0.323. The number of nitrogens with zero attached hydrogens (tertiary/aromatic N) is 1. The maximum absolute atomic E-state index is 6.17. The number of aromatic nitrogens is 2. The fourth-order valence-electron chi connectivity index (χ4n) is 2.67. The van der Waals surface area contributed by atoms with Gasteiger partial charge in [0.05, 0.1) is 17.6 Å². The van der Waals surface area contributed by atoms with Gasteiger partial charge in [-0.1, -0.05) is 32.9 Å². The molecule has 0 unspecified atom stereocenters. The molecule has 0 radical (unpaired) electrons. The first-order valence-corrected chi connectivity index (χ1v) is 9.94. The van der Waals surface area contributed by atoms with Crippen LogP contribution in [0.4, 0.5) is 0 Å². The number of para-hydroxylation sites is 2. The molecule has 2 rings (SSSR count). The van der Waals surface area contributed by atoms with Crippen LogP contribution in [0, 0.1) is 5.41 Å². The Balaban J connectivity index is 2.01. The fourth-order valence-corrected chi connectivity index (χ4v) is 5.85. The third kappa shape index (κ3) is 4.18. The highest BCUT2D eigenvalue weighted by atomic mass is 28.4. The maximum Gasteiger partial charge on any atom is 0.187 e. The molecule has 1 heterocycles. The second-order valence-electron chi connectivity index (χ2n) is 6.99. The Morgan fingerprint density at radius 2 is 1.89 bits per heavy atom. The molecule has 0 atom stereocenters. The van der Waals surface area contributed by atoms with Crippen molar-refractivity contribution in [2.75, 3.05) is 0 Å². The van der Waals surface area contributed by atoms with Crippen molar-refractivity contribution in [1.82, 2.24) is 9.97 Å². The Morgan fingerprint density at radius 3 is 2.53 bits per heavy atom. The van der Waals surface area contributed by atoms with Crippen LogP contribution in [-0.2, 0) is 11.0 Å². The summed E-state index contributed by atoms with van der Waals surface area (Å²) >= 11 is 0. The highest BCUT2D eigenvalue weighted by Gasteiger charge is 2.29. The lowest BCUT2D eigenvalue weighted by Gasteiger charge is -2.30. The van der Waals surface area contributed by atoms with Gasteiger partial charge < -0.3 is 9.41 Å². The molecule has 104 valence electrons. The van der Waals surface area contributed by atoms with Crippen LogP contribution in [0.25, 0.3) is 11.0 Å². The van der Waals surface area contributed by atoms with E-state index in [1.807, 2.05) is 24.3 Å². The standard InChI is InChI=1S/C15H24N2OSi/c1-15(2,3)11-19(4,5)18-10-14-16-12-8-6-7-9-13(12)17-14/h6-9H,10-11H2,1-5H3,(H,16,17). The first-order valence-electron chi connectivity index (χ1n) is 6.83. The number of hydrogen-bond acceptors (Lipinski definition) is 2. The van der Waals surface area contributed by atoms with E-state index >= 15 is 0 Å². The van der Waals surface area contributed by atoms with Crippen molar-refractivity contribution in [2.24, 2.45) is 5.41 Å². The monoisotopic (exact) mass is 276 g/mol. The molecule has 0 aliphatic carbocycles. The number of H-pyrrole nitrogens is 1. The quantitative estimate of drug-likeness (QED) is 0.844. The van der Waals surface area contributed by atoms with E-state index in [2.05, 4.69) is 43.8 Å². The molecular weight excluding hydrogens is 252 g/mol. The number of hydrogen-bond donors (Lipinski definition) is 1. The van der Waals surface area contributed by atoms with Gasteiger partial charge in [0.25, 0.3) is 0 Å². The Hall–Kier alpha value is -1.13. The number of aromatic amines is 1. The average molecular weight is 276 g/mol. The first kappa shape index (κ1) is 14.3. The van der Waals surface area contributed by atoms with Gasteiger partial charge in [0.1, 0.15) is 5.82 Å². The molecule has 3 nitrogen and oxygen atoms in total. The molecule has 4 heteroatoms. The fraction of sp³-hybridized carbons (Fsp3) is 0.533. The minimum atomic E-state index is -1.63. The van der Waals surface area contributed by atoms with Gasteiger partial charge in [-0.25, -0.2) is 4.98 Å². The first-order chi connectivity index (χ1) is 8.75. The summed E-state index contributed by atoms with van der Waals surface area (Å²) < 4.78 is 6.17. The molecule has 19 heavy (non-hydrogen) atoms. The molecule has 0 saturated carbocycles. The van der Waals surface area contributed by atoms with Gasteiger partial charge in [-0.3, -0.25) is 0 Å². The van der Waals surface area contributed by atoms with Crippen LogP contribution in [0.5, 0.6) is 0 Å². The van der Waals surface area contributed by atoms with Gasteiger partial charge in [-0.05, 0) is 36.7 Å². The predicted molar refractivity (Wildman–Crippen MR) is 82.6 cm³/mol. The summed E-state index contributed by atoms with van der Waals surface area (Å²) in [5.41, 5.74) is 2.41. The number of rotatable bonds is 4. The van der Waals surface area contributed by atoms with Gasteiger partial charge in [-0.15, -0.1) is 0 Å². The van der Waals surface area contributed by atoms with Gasteiger partial charge in [0, 0.05) is 0 Å². The SMILES string of the molecule is CC(C)(C)C[Si](C)(C)OCc1nc2ccccc2[nH]1. The third-order valence-electron chi connectivity index (χ3n) is 2.99. The van der Waals surface area contributed by atoms with Crippen LogP contribution in [0.1, 0.15) is 26.6 Å². The molecule has 0 amide bonds. The van der Waals surface area contributed by atoms with Gasteiger partial charge in [0.2, 0.25) is 0 Å². The molecule has 0 bridgehead atoms. The molecule has 2 aromatic rings. The Labute approximate surface area is 116 Å². The maximum atomic E-state index is 6.17. The van der Waals surface area contributed by atoms with Crippen molar-refractivity contribution in [3.05, 3.63) is 30.1 Å². The van der Waals surface area contributed by atoms with E-state index in [4.69, 9.17) is 4.43 Å². The number of imidazole rings is 1. The van der Waals surface area contributed by atoms with Crippen molar-refractivity contribution >= 4 is 19.4 Å². The molecule has 0 fully saturated rings. The molecular formula is C15H24N2OSi. The molecule has 0 aliphatic heterocycles. The van der Waals surface area contributed by atoms with E-state index in [9.17, 15) is 0 Å². The molecule has 1 aromatic heterocycles. The van der Waals surface area contributed by atoms with Gasteiger partial charge >= 0.3 is 0 Å². The predicted octanol–water partition coefficient (Wildman–Crippen LogP) is 4.33. The summed E-state index contributed by atoms with van der Waals surface area (Å²) in [5.74, 6) is 0.927. The van der Waals surface area contributed by atoms with Crippen molar-refractivity contribution in [1.29, 1.82) is 0 Å². The zero-order valence-corrected chi connectivity index (χ0v) is 13.6. The van der Waals surface area contributed by atoms with Crippen LogP contribution in [0.15, 0.2) is 24.3 Å². The summed E-state index contributed by atoms with van der Waals surface area (Å²) in [4.78, 5) is 7.87. The van der Waals surface area contributed by atoms with Crippen LogP contribution in [0.2, 0.25) is 19.1 Å². The van der Waals surface area contributed by atoms with Crippen LogP contribution < -0.4 is 0 Å². The van der Waals surface area contributed by atoms with Crippen molar-refractivity contribution in [3.63, 3.8) is 0 Å².